The molecule has 3 rings (SSSR count). The van der Waals surface area contributed by atoms with Crippen molar-refractivity contribution in [1.29, 1.82) is 0 Å². The number of nitrogens with one attached hydrogen (secondary N) is 1. The van der Waals surface area contributed by atoms with E-state index < -0.39 is 0 Å². The highest BCUT2D eigenvalue weighted by molar-refractivity contribution is 5.85. The molecule has 3 N–H and O–H groups in total. The molecule has 0 aromatic carbocycles. The molecule has 1 heterocycles. The lowest BCUT2D eigenvalue weighted by atomic mass is 9.77. The second-order valence-corrected chi connectivity index (χ2v) is 8.74. The van der Waals surface area contributed by atoms with Gasteiger partial charge in [-0.15, -0.1) is 12.4 Å². The molecule has 2 aliphatic carbocycles. The van der Waals surface area contributed by atoms with Gasteiger partial charge in [0.15, 0.2) is 0 Å². The van der Waals surface area contributed by atoms with Gasteiger partial charge in [0, 0.05) is 25.1 Å². The molecule has 0 aromatic rings. The predicted molar refractivity (Wildman–Crippen MR) is 94.5 cm³/mol. The van der Waals surface area contributed by atoms with E-state index in [9.17, 15) is 4.79 Å². The number of carbonyl (C=O) groups excluding carboxylic acids is 1. The average molecular weight is 345 g/mol. The zero-order valence-corrected chi connectivity index (χ0v) is 15.5. The zero-order valence-electron chi connectivity index (χ0n) is 14.7. The van der Waals surface area contributed by atoms with E-state index in [0.717, 1.165) is 32.4 Å². The standard InChI is InChI=1S/C18H32N2O2.ClH/c1-18(2,3)16-13(5-4-8-22-16)10-20-17(21)14-11-6-7-12(9-11)15(14)19;/h11-16H,4-10,19H2,1-3H3,(H,20,21);1H. The van der Waals surface area contributed by atoms with Crippen LogP contribution in [0.3, 0.4) is 0 Å². The lowest BCUT2D eigenvalue weighted by molar-refractivity contribution is -0.128. The highest BCUT2D eigenvalue weighted by atomic mass is 35.5. The fraction of sp³-hybridized carbons (Fsp3) is 0.944. The first kappa shape index (κ1) is 19.0. The van der Waals surface area contributed by atoms with Gasteiger partial charge in [-0.3, -0.25) is 4.79 Å². The Morgan fingerprint density at radius 1 is 1.22 bits per heavy atom. The summed E-state index contributed by atoms with van der Waals surface area (Å²) in [5.74, 6) is 1.78. The normalized spacial score (nSPS) is 39.8. The smallest absolute Gasteiger partial charge is 0.224 e. The van der Waals surface area contributed by atoms with Crippen LogP contribution >= 0.6 is 12.4 Å². The number of amides is 1. The van der Waals surface area contributed by atoms with E-state index in [1.807, 2.05) is 0 Å². The minimum atomic E-state index is 0. The Morgan fingerprint density at radius 3 is 2.52 bits per heavy atom. The monoisotopic (exact) mass is 344 g/mol. The lowest BCUT2D eigenvalue weighted by Crippen LogP contribution is -2.49. The number of carbonyl (C=O) groups is 1. The van der Waals surface area contributed by atoms with Gasteiger partial charge in [-0.25, -0.2) is 0 Å². The summed E-state index contributed by atoms with van der Waals surface area (Å²) in [5, 5.41) is 3.21. The topological polar surface area (TPSA) is 64.3 Å². The number of fused-ring (bicyclic) bond motifs is 2. The van der Waals surface area contributed by atoms with Gasteiger partial charge in [0.05, 0.1) is 12.0 Å². The van der Waals surface area contributed by atoms with E-state index in [2.05, 4.69) is 26.1 Å². The van der Waals surface area contributed by atoms with Crippen LogP contribution in [0.5, 0.6) is 0 Å². The van der Waals surface area contributed by atoms with Crippen molar-refractivity contribution in [3.05, 3.63) is 0 Å². The Hall–Kier alpha value is -0.320. The van der Waals surface area contributed by atoms with Gasteiger partial charge >= 0.3 is 0 Å². The van der Waals surface area contributed by atoms with Crippen LogP contribution in [0.4, 0.5) is 0 Å². The van der Waals surface area contributed by atoms with Crippen LogP contribution in [-0.4, -0.2) is 31.2 Å². The van der Waals surface area contributed by atoms with Gasteiger partial charge in [-0.05, 0) is 49.4 Å². The maximum atomic E-state index is 12.6. The molecule has 2 saturated carbocycles. The third-order valence-electron chi connectivity index (χ3n) is 6.12. The number of nitrogens with two attached hydrogens (primary N) is 1. The van der Waals surface area contributed by atoms with Crippen molar-refractivity contribution in [2.24, 2.45) is 34.8 Å². The summed E-state index contributed by atoms with van der Waals surface area (Å²) in [4.78, 5) is 12.6. The van der Waals surface area contributed by atoms with Crippen molar-refractivity contribution >= 4 is 18.3 Å². The summed E-state index contributed by atoms with van der Waals surface area (Å²) in [5.41, 5.74) is 6.41. The Kier molecular flexibility index (Phi) is 6.02. The van der Waals surface area contributed by atoms with Gasteiger partial charge in [0.25, 0.3) is 0 Å². The fourth-order valence-electron chi connectivity index (χ4n) is 5.08. The molecule has 0 radical (unpaired) electrons. The Bertz CT molecular complexity index is 422. The van der Waals surface area contributed by atoms with E-state index in [4.69, 9.17) is 10.5 Å². The summed E-state index contributed by atoms with van der Waals surface area (Å²) in [7, 11) is 0. The van der Waals surface area contributed by atoms with Crippen molar-refractivity contribution in [1.82, 2.24) is 5.32 Å². The van der Waals surface area contributed by atoms with Gasteiger partial charge in [-0.1, -0.05) is 20.8 Å². The Balaban J connectivity index is 0.00000192. The van der Waals surface area contributed by atoms with Crippen molar-refractivity contribution in [3.8, 4) is 0 Å². The maximum absolute atomic E-state index is 12.6. The van der Waals surface area contributed by atoms with Crippen LogP contribution in [0.25, 0.3) is 0 Å². The summed E-state index contributed by atoms with van der Waals surface area (Å²) < 4.78 is 6.01. The first-order valence-corrected chi connectivity index (χ1v) is 9.03. The third kappa shape index (κ3) is 3.85. The molecule has 23 heavy (non-hydrogen) atoms. The highest BCUT2D eigenvalue weighted by Crippen LogP contribution is 2.47. The van der Waals surface area contributed by atoms with Crippen LogP contribution in [0.2, 0.25) is 0 Å². The number of halogens is 1. The molecular formula is C18H33ClN2O2. The molecule has 2 bridgehead atoms. The first-order valence-electron chi connectivity index (χ1n) is 9.03. The van der Waals surface area contributed by atoms with Crippen molar-refractivity contribution < 1.29 is 9.53 Å². The van der Waals surface area contributed by atoms with Crippen molar-refractivity contribution in [2.45, 2.75) is 65.0 Å². The van der Waals surface area contributed by atoms with Gasteiger partial charge in [0.2, 0.25) is 5.91 Å². The SMILES string of the molecule is CC(C)(C)C1OCCCC1CNC(=O)C1C2CCC(C2)C1N.Cl. The van der Waals surface area contributed by atoms with Crippen LogP contribution < -0.4 is 11.1 Å². The molecule has 4 nitrogen and oxygen atoms in total. The second-order valence-electron chi connectivity index (χ2n) is 8.74. The molecule has 3 aliphatic rings. The van der Waals surface area contributed by atoms with Crippen molar-refractivity contribution in [2.75, 3.05) is 13.2 Å². The molecule has 6 atom stereocenters. The molecule has 3 fully saturated rings. The summed E-state index contributed by atoms with van der Waals surface area (Å²) in [6.45, 7) is 8.27. The Labute approximate surface area is 146 Å². The van der Waals surface area contributed by atoms with E-state index in [0.29, 0.717) is 17.8 Å². The van der Waals surface area contributed by atoms with E-state index in [1.165, 1.54) is 12.8 Å². The van der Waals surface area contributed by atoms with Gasteiger partial charge < -0.3 is 15.8 Å². The van der Waals surface area contributed by atoms with Gasteiger partial charge in [-0.2, -0.15) is 0 Å². The molecule has 0 aromatic heterocycles. The Morgan fingerprint density at radius 2 is 1.91 bits per heavy atom. The largest absolute Gasteiger partial charge is 0.377 e. The maximum Gasteiger partial charge on any atom is 0.224 e. The van der Waals surface area contributed by atoms with Crippen LogP contribution in [0.1, 0.15) is 52.9 Å². The molecule has 0 spiro atoms. The highest BCUT2D eigenvalue weighted by Gasteiger charge is 2.49. The molecule has 1 amide bonds. The number of hydrogen-bond acceptors (Lipinski definition) is 3. The molecule has 1 aliphatic heterocycles. The second kappa shape index (κ2) is 7.28. The van der Waals surface area contributed by atoms with E-state index in [-0.39, 0.29) is 41.8 Å². The number of ether oxygens (including phenoxy) is 1. The van der Waals surface area contributed by atoms with Gasteiger partial charge in [0.1, 0.15) is 0 Å². The van der Waals surface area contributed by atoms with Crippen LogP contribution in [-0.2, 0) is 9.53 Å². The van der Waals surface area contributed by atoms with Crippen LogP contribution in [0, 0.1) is 29.1 Å². The minimum Gasteiger partial charge on any atom is -0.377 e. The molecular weight excluding hydrogens is 312 g/mol. The molecule has 1 saturated heterocycles. The zero-order chi connectivity index (χ0) is 15.9. The average Bonchev–Trinajstić information content (AvgIpc) is 3.05. The molecule has 134 valence electrons. The molecule has 5 heteroatoms. The quantitative estimate of drug-likeness (QED) is 0.827. The minimum absolute atomic E-state index is 0. The number of rotatable bonds is 3. The van der Waals surface area contributed by atoms with Crippen LogP contribution in [0.15, 0.2) is 0 Å². The fourth-order valence-corrected chi connectivity index (χ4v) is 5.08. The summed E-state index contributed by atoms with van der Waals surface area (Å²) in [6.07, 6.45) is 6.05. The summed E-state index contributed by atoms with van der Waals surface area (Å²) in [6, 6.07) is 0.0831. The first-order chi connectivity index (χ1) is 10.4. The van der Waals surface area contributed by atoms with Crippen molar-refractivity contribution in [3.63, 3.8) is 0 Å². The number of hydrogen-bond donors (Lipinski definition) is 2. The van der Waals surface area contributed by atoms with E-state index in [1.54, 1.807) is 0 Å². The summed E-state index contributed by atoms with van der Waals surface area (Å²) >= 11 is 0. The predicted octanol–water partition coefficient (Wildman–Crippen LogP) is 2.74. The third-order valence-corrected chi connectivity index (χ3v) is 6.12. The lowest BCUT2D eigenvalue weighted by Gasteiger charge is -2.40. The van der Waals surface area contributed by atoms with E-state index >= 15 is 0 Å². The molecule has 6 unspecified atom stereocenters.